The van der Waals surface area contributed by atoms with E-state index in [1.165, 1.54) is 22.3 Å². The second kappa shape index (κ2) is 6.81. The van der Waals surface area contributed by atoms with Gasteiger partial charge < -0.3 is 10.1 Å². The molecule has 123 valence electrons. The third-order valence-electron chi connectivity index (χ3n) is 4.57. The molecule has 3 aromatic carbocycles. The zero-order valence-corrected chi connectivity index (χ0v) is 13.7. The highest BCUT2D eigenvalue weighted by molar-refractivity contribution is 5.79. The maximum atomic E-state index is 12.1. The molecule has 0 aliphatic heterocycles. The Kier molecular flexibility index (Phi) is 4.21. The number of rotatable bonds is 4. The smallest absolute Gasteiger partial charge is 0.407 e. The molecular weight excluding hydrogens is 310 g/mol. The van der Waals surface area contributed by atoms with E-state index in [-0.39, 0.29) is 5.92 Å². The van der Waals surface area contributed by atoms with Crippen molar-refractivity contribution in [1.29, 1.82) is 0 Å². The second-order valence-corrected chi connectivity index (χ2v) is 6.09. The standard InChI is InChI=1S/C22H18NO2/c24-22(23-14-16-8-2-1-3-9-16)25-15-21-19-12-6-4-10-17(19)18-11-5-7-13-20(18)21/h2-13,21H,14-15H2,(H,23,24). The van der Waals surface area contributed by atoms with Crippen LogP contribution < -0.4 is 5.32 Å². The average molecular weight is 328 g/mol. The molecule has 3 heteroatoms. The van der Waals surface area contributed by atoms with Gasteiger partial charge in [0.1, 0.15) is 6.61 Å². The predicted molar refractivity (Wildman–Crippen MR) is 97.2 cm³/mol. The van der Waals surface area contributed by atoms with Gasteiger partial charge in [-0.2, -0.15) is 0 Å². The molecule has 1 amide bonds. The number of nitrogens with one attached hydrogen (secondary N) is 1. The Bertz CT molecular complexity index is 844. The maximum Gasteiger partial charge on any atom is 0.407 e. The van der Waals surface area contributed by atoms with Crippen molar-refractivity contribution in [3.8, 4) is 11.1 Å². The SMILES string of the molecule is O=C(NCc1cc[c]cc1)OCC1c2ccccc2-c2ccccc21. The lowest BCUT2D eigenvalue weighted by atomic mass is 9.98. The molecule has 0 unspecified atom stereocenters. The quantitative estimate of drug-likeness (QED) is 0.764. The zero-order valence-electron chi connectivity index (χ0n) is 13.7. The van der Waals surface area contributed by atoms with Crippen molar-refractivity contribution < 1.29 is 9.53 Å². The van der Waals surface area contributed by atoms with Crippen LogP contribution in [0.15, 0.2) is 72.8 Å². The molecule has 0 bridgehead atoms. The number of ether oxygens (including phenoxy) is 1. The third-order valence-corrected chi connectivity index (χ3v) is 4.57. The summed E-state index contributed by atoms with van der Waals surface area (Å²) in [7, 11) is 0. The van der Waals surface area contributed by atoms with E-state index >= 15 is 0 Å². The van der Waals surface area contributed by atoms with Gasteiger partial charge in [-0.05, 0) is 33.9 Å². The van der Waals surface area contributed by atoms with E-state index in [0.717, 1.165) is 5.56 Å². The molecule has 0 heterocycles. The lowest BCUT2D eigenvalue weighted by molar-refractivity contribution is 0.142. The van der Waals surface area contributed by atoms with Gasteiger partial charge in [-0.15, -0.1) is 0 Å². The van der Waals surface area contributed by atoms with E-state index in [0.29, 0.717) is 13.2 Å². The third kappa shape index (κ3) is 3.13. The molecule has 0 atom stereocenters. The summed E-state index contributed by atoms with van der Waals surface area (Å²) in [6, 6.07) is 27.1. The van der Waals surface area contributed by atoms with Gasteiger partial charge in [0, 0.05) is 12.5 Å². The first-order chi connectivity index (χ1) is 12.3. The molecule has 1 radical (unpaired) electrons. The van der Waals surface area contributed by atoms with Gasteiger partial charge in [0.2, 0.25) is 0 Å². The molecule has 0 saturated heterocycles. The number of amides is 1. The molecule has 4 rings (SSSR count). The first-order valence-corrected chi connectivity index (χ1v) is 8.37. The number of hydrogen-bond acceptors (Lipinski definition) is 2. The molecule has 0 aromatic heterocycles. The Morgan fingerprint density at radius 3 is 2.16 bits per heavy atom. The molecule has 0 saturated carbocycles. The summed E-state index contributed by atoms with van der Waals surface area (Å²) in [5.41, 5.74) is 5.91. The highest BCUT2D eigenvalue weighted by Gasteiger charge is 2.28. The molecule has 0 spiro atoms. The molecule has 3 nitrogen and oxygen atoms in total. The van der Waals surface area contributed by atoms with Crippen LogP contribution in [-0.4, -0.2) is 12.7 Å². The largest absolute Gasteiger partial charge is 0.449 e. The highest BCUT2D eigenvalue weighted by Crippen LogP contribution is 2.44. The van der Waals surface area contributed by atoms with E-state index in [1.807, 2.05) is 48.5 Å². The Hall–Kier alpha value is -3.07. The molecule has 1 aliphatic carbocycles. The van der Waals surface area contributed by atoms with Crippen LogP contribution in [0, 0.1) is 6.07 Å². The van der Waals surface area contributed by atoms with Crippen molar-refractivity contribution in [2.45, 2.75) is 12.5 Å². The molecule has 3 aromatic rings. The molecule has 0 fully saturated rings. The van der Waals surface area contributed by atoms with Gasteiger partial charge in [0.25, 0.3) is 0 Å². The van der Waals surface area contributed by atoms with Crippen LogP contribution in [0.3, 0.4) is 0 Å². The fourth-order valence-electron chi connectivity index (χ4n) is 3.36. The summed E-state index contributed by atoms with van der Waals surface area (Å²) in [5.74, 6) is 0.0875. The summed E-state index contributed by atoms with van der Waals surface area (Å²) in [6.45, 7) is 0.785. The van der Waals surface area contributed by atoms with E-state index in [1.54, 1.807) is 0 Å². The van der Waals surface area contributed by atoms with Crippen LogP contribution in [0.5, 0.6) is 0 Å². The van der Waals surface area contributed by atoms with Crippen molar-refractivity contribution in [1.82, 2.24) is 5.32 Å². The second-order valence-electron chi connectivity index (χ2n) is 6.09. The average Bonchev–Trinajstić information content (AvgIpc) is 2.99. The summed E-state index contributed by atoms with van der Waals surface area (Å²) in [5, 5.41) is 2.80. The first kappa shape index (κ1) is 15.5. The van der Waals surface area contributed by atoms with Crippen molar-refractivity contribution >= 4 is 6.09 Å². The molecule has 25 heavy (non-hydrogen) atoms. The topological polar surface area (TPSA) is 38.3 Å². The fourth-order valence-corrected chi connectivity index (χ4v) is 3.36. The summed E-state index contributed by atoms with van der Waals surface area (Å²) >= 11 is 0. The van der Waals surface area contributed by atoms with Gasteiger partial charge >= 0.3 is 6.09 Å². The van der Waals surface area contributed by atoms with E-state index in [9.17, 15) is 4.79 Å². The number of hydrogen-bond donors (Lipinski definition) is 1. The van der Waals surface area contributed by atoms with Crippen LogP contribution in [-0.2, 0) is 11.3 Å². The molecule has 1 N–H and O–H groups in total. The Balaban J connectivity index is 1.43. The minimum atomic E-state index is -0.394. The number of benzene rings is 3. The highest BCUT2D eigenvalue weighted by atomic mass is 16.5. The molecule has 1 aliphatic rings. The predicted octanol–water partition coefficient (Wildman–Crippen LogP) is 4.53. The Morgan fingerprint density at radius 1 is 0.920 bits per heavy atom. The van der Waals surface area contributed by atoms with Crippen LogP contribution >= 0.6 is 0 Å². The van der Waals surface area contributed by atoms with Gasteiger partial charge in [0.05, 0.1) is 0 Å². The summed E-state index contributed by atoms with van der Waals surface area (Å²) in [4.78, 5) is 12.1. The molecular formula is C22H18NO2. The summed E-state index contributed by atoms with van der Waals surface area (Å²) < 4.78 is 5.50. The monoisotopic (exact) mass is 328 g/mol. The van der Waals surface area contributed by atoms with Crippen LogP contribution in [0.4, 0.5) is 4.79 Å². The van der Waals surface area contributed by atoms with Crippen LogP contribution in [0.2, 0.25) is 0 Å². The van der Waals surface area contributed by atoms with E-state index < -0.39 is 6.09 Å². The Labute approximate surface area is 147 Å². The van der Waals surface area contributed by atoms with Crippen molar-refractivity contribution in [3.63, 3.8) is 0 Å². The van der Waals surface area contributed by atoms with E-state index in [4.69, 9.17) is 4.74 Å². The number of fused-ring (bicyclic) bond motifs is 3. The van der Waals surface area contributed by atoms with Gasteiger partial charge in [-0.25, -0.2) is 4.79 Å². The van der Waals surface area contributed by atoms with Crippen molar-refractivity contribution in [2.75, 3.05) is 6.61 Å². The fraction of sp³-hybridized carbons (Fsp3) is 0.136. The van der Waals surface area contributed by atoms with Crippen LogP contribution in [0.25, 0.3) is 11.1 Å². The zero-order chi connectivity index (χ0) is 17.1. The minimum Gasteiger partial charge on any atom is -0.449 e. The lowest BCUT2D eigenvalue weighted by Gasteiger charge is -2.14. The number of alkyl carbamates (subject to hydrolysis) is 1. The van der Waals surface area contributed by atoms with Crippen molar-refractivity contribution in [2.24, 2.45) is 0 Å². The van der Waals surface area contributed by atoms with Crippen molar-refractivity contribution in [3.05, 3.63) is 95.6 Å². The van der Waals surface area contributed by atoms with E-state index in [2.05, 4.69) is 35.6 Å². The number of carbonyl (C=O) groups excluding carboxylic acids is 1. The first-order valence-electron chi connectivity index (χ1n) is 8.37. The summed E-state index contributed by atoms with van der Waals surface area (Å²) in [6.07, 6.45) is -0.394. The van der Waals surface area contributed by atoms with Gasteiger partial charge in [0.15, 0.2) is 0 Å². The lowest BCUT2D eigenvalue weighted by Crippen LogP contribution is -2.25. The minimum absolute atomic E-state index is 0.0875. The number of carbonyl (C=O) groups is 1. The normalized spacial score (nSPS) is 12.3. The maximum absolute atomic E-state index is 12.1. The Morgan fingerprint density at radius 2 is 1.52 bits per heavy atom. The van der Waals surface area contributed by atoms with Gasteiger partial charge in [-0.1, -0.05) is 72.8 Å². The van der Waals surface area contributed by atoms with Crippen LogP contribution in [0.1, 0.15) is 22.6 Å². The van der Waals surface area contributed by atoms with Gasteiger partial charge in [-0.3, -0.25) is 0 Å².